The van der Waals surface area contributed by atoms with E-state index in [0.717, 1.165) is 40.7 Å². The fourth-order valence-electron chi connectivity index (χ4n) is 2.95. The van der Waals surface area contributed by atoms with E-state index in [0.29, 0.717) is 23.4 Å². The van der Waals surface area contributed by atoms with Crippen LogP contribution in [0.15, 0.2) is 0 Å². The van der Waals surface area contributed by atoms with E-state index in [2.05, 4.69) is 25.7 Å². The molecule has 2 aromatic rings. The van der Waals surface area contributed by atoms with Gasteiger partial charge in [0, 0.05) is 18.8 Å². The van der Waals surface area contributed by atoms with E-state index in [1.807, 2.05) is 0 Å². The summed E-state index contributed by atoms with van der Waals surface area (Å²) < 4.78 is 0. The summed E-state index contributed by atoms with van der Waals surface area (Å²) in [5.74, 6) is 0.670. The maximum atomic E-state index is 11.2. The Bertz CT molecular complexity index is 682. The number of nitrogens with one attached hydrogen (secondary N) is 1. The molecule has 2 aromatic heterocycles. The number of hydrogen-bond acceptors (Lipinski definition) is 8. The van der Waals surface area contributed by atoms with Crippen LogP contribution in [0.2, 0.25) is 0 Å². The zero-order chi connectivity index (χ0) is 17.1. The molecule has 24 heavy (non-hydrogen) atoms. The largest absolute Gasteiger partial charge is 0.301 e. The van der Waals surface area contributed by atoms with Crippen LogP contribution < -0.4 is 5.32 Å². The van der Waals surface area contributed by atoms with Gasteiger partial charge in [0.25, 0.3) is 0 Å². The summed E-state index contributed by atoms with van der Waals surface area (Å²) in [6, 6.07) is 0. The third-order valence-corrected chi connectivity index (χ3v) is 6.07. The van der Waals surface area contributed by atoms with Gasteiger partial charge in [0.15, 0.2) is 0 Å². The maximum absolute atomic E-state index is 11.2. The van der Waals surface area contributed by atoms with E-state index in [9.17, 15) is 9.59 Å². The molecule has 1 aliphatic rings. The molecule has 1 saturated carbocycles. The Kier molecular flexibility index (Phi) is 5.30. The second-order valence-corrected chi connectivity index (χ2v) is 8.20. The maximum Gasteiger partial charge on any atom is 0.223 e. The molecule has 128 valence electrons. The van der Waals surface area contributed by atoms with Gasteiger partial charge in [-0.1, -0.05) is 17.8 Å². The van der Waals surface area contributed by atoms with E-state index in [4.69, 9.17) is 0 Å². The molecule has 7 nitrogen and oxygen atoms in total. The zero-order valence-electron chi connectivity index (χ0n) is 13.6. The van der Waals surface area contributed by atoms with Gasteiger partial charge in [0.05, 0.1) is 6.42 Å². The number of Topliss-reactive ketones (excluding diaryl/α,β-unsaturated/α-hetero) is 1. The van der Waals surface area contributed by atoms with Crippen LogP contribution in [0.1, 0.15) is 66.4 Å². The van der Waals surface area contributed by atoms with Crippen molar-refractivity contribution in [3.8, 4) is 0 Å². The van der Waals surface area contributed by atoms with Crippen LogP contribution in [0.4, 0.5) is 5.13 Å². The molecule has 1 fully saturated rings. The summed E-state index contributed by atoms with van der Waals surface area (Å²) in [6.07, 6.45) is 4.59. The Labute approximate surface area is 147 Å². The average Bonchev–Trinajstić information content (AvgIpc) is 3.16. The summed E-state index contributed by atoms with van der Waals surface area (Å²) in [5.41, 5.74) is 0. The van der Waals surface area contributed by atoms with Crippen LogP contribution in [0.3, 0.4) is 0 Å². The Morgan fingerprint density at radius 1 is 1.04 bits per heavy atom. The summed E-state index contributed by atoms with van der Waals surface area (Å²) in [5, 5.41) is 22.7. The van der Waals surface area contributed by atoms with Crippen LogP contribution in [-0.4, -0.2) is 32.1 Å². The highest BCUT2D eigenvalue weighted by molar-refractivity contribution is 7.15. The first-order chi connectivity index (χ1) is 11.5. The molecular formula is C15H19N5O2S2. The Hall–Kier alpha value is -1.74. The van der Waals surface area contributed by atoms with Gasteiger partial charge in [0.1, 0.15) is 20.8 Å². The minimum atomic E-state index is -0.133. The second kappa shape index (κ2) is 7.43. The van der Waals surface area contributed by atoms with Gasteiger partial charge in [-0.05, 0) is 26.2 Å². The van der Waals surface area contributed by atoms with Crippen molar-refractivity contribution < 1.29 is 9.59 Å². The summed E-state index contributed by atoms with van der Waals surface area (Å²) >= 11 is 2.99. The fraction of sp³-hybridized carbons (Fsp3) is 0.600. The van der Waals surface area contributed by atoms with Crippen LogP contribution in [0.5, 0.6) is 0 Å². The van der Waals surface area contributed by atoms with E-state index in [-0.39, 0.29) is 11.7 Å². The molecule has 0 aromatic carbocycles. The van der Waals surface area contributed by atoms with Gasteiger partial charge >= 0.3 is 0 Å². The number of carbonyl (C=O) groups is 2. The highest BCUT2D eigenvalue weighted by atomic mass is 32.1. The van der Waals surface area contributed by atoms with Crippen LogP contribution in [0.25, 0.3) is 0 Å². The zero-order valence-corrected chi connectivity index (χ0v) is 15.2. The van der Waals surface area contributed by atoms with Gasteiger partial charge in [-0.25, -0.2) is 0 Å². The Balaban J connectivity index is 1.67. The molecule has 2 heterocycles. The number of ketones is 1. The number of rotatable bonds is 5. The smallest absolute Gasteiger partial charge is 0.223 e. The van der Waals surface area contributed by atoms with Crippen LogP contribution in [0, 0.1) is 0 Å². The second-order valence-electron chi connectivity index (χ2n) is 6.10. The van der Waals surface area contributed by atoms with Crippen molar-refractivity contribution in [3.05, 3.63) is 15.0 Å². The molecule has 0 spiro atoms. The van der Waals surface area contributed by atoms with Crippen molar-refractivity contribution in [3.63, 3.8) is 0 Å². The van der Waals surface area contributed by atoms with Gasteiger partial charge in [-0.15, -0.1) is 31.7 Å². The van der Waals surface area contributed by atoms with Crippen molar-refractivity contribution in [1.29, 1.82) is 0 Å². The number of hydrogen-bond donors (Lipinski definition) is 1. The Morgan fingerprint density at radius 2 is 1.71 bits per heavy atom. The van der Waals surface area contributed by atoms with Gasteiger partial charge in [-0.3, -0.25) is 9.59 Å². The predicted molar refractivity (Wildman–Crippen MR) is 92.5 cm³/mol. The number of carbonyl (C=O) groups excluding carboxylic acids is 2. The molecule has 9 heteroatoms. The lowest BCUT2D eigenvalue weighted by molar-refractivity contribution is -0.116. The van der Waals surface area contributed by atoms with E-state index >= 15 is 0 Å². The van der Waals surface area contributed by atoms with Gasteiger partial charge in [-0.2, -0.15) is 0 Å². The van der Waals surface area contributed by atoms with E-state index < -0.39 is 0 Å². The molecule has 1 aliphatic carbocycles. The molecular weight excluding hydrogens is 346 g/mol. The minimum Gasteiger partial charge on any atom is -0.301 e. The van der Waals surface area contributed by atoms with Crippen molar-refractivity contribution in [2.75, 3.05) is 5.32 Å². The standard InChI is InChI=1S/C15H19N5O2S2/c1-8(21)6-12-17-18-13(23-12)10-4-3-5-11(7-10)14-19-20-15(24-14)16-9(2)22/h10-11H,3-7H2,1-2H3,(H,16,20,22)/t10-,11-/m0/s1. The first-order valence-corrected chi connectivity index (χ1v) is 9.57. The van der Waals surface area contributed by atoms with Gasteiger partial charge < -0.3 is 5.32 Å². The number of aromatic nitrogens is 4. The molecule has 0 bridgehead atoms. The Morgan fingerprint density at radius 3 is 2.38 bits per heavy atom. The lowest BCUT2D eigenvalue weighted by Crippen LogP contribution is -2.12. The summed E-state index contributed by atoms with van der Waals surface area (Å²) in [7, 11) is 0. The minimum absolute atomic E-state index is 0.110. The molecule has 0 unspecified atom stereocenters. The van der Waals surface area contributed by atoms with Crippen LogP contribution >= 0.6 is 22.7 Å². The lowest BCUT2D eigenvalue weighted by Gasteiger charge is -2.25. The SMILES string of the molecule is CC(=O)Cc1nnc([C@H]2CCC[C@H](c3nnc(NC(C)=O)s3)C2)s1. The third-order valence-electron chi connectivity index (χ3n) is 3.98. The van der Waals surface area contributed by atoms with Crippen molar-refractivity contribution in [2.24, 2.45) is 0 Å². The third kappa shape index (κ3) is 4.21. The molecule has 3 rings (SSSR count). The normalized spacial score (nSPS) is 20.8. The van der Waals surface area contributed by atoms with Crippen LogP contribution in [-0.2, 0) is 16.0 Å². The number of amides is 1. The lowest BCUT2D eigenvalue weighted by atomic mass is 9.82. The molecule has 1 amide bonds. The van der Waals surface area contributed by atoms with Crippen molar-refractivity contribution in [1.82, 2.24) is 20.4 Å². The topological polar surface area (TPSA) is 97.7 Å². The van der Waals surface area contributed by atoms with E-state index in [1.165, 1.54) is 18.3 Å². The fourth-order valence-corrected chi connectivity index (χ4v) is 4.95. The monoisotopic (exact) mass is 365 g/mol. The summed E-state index contributed by atoms with van der Waals surface area (Å²) in [4.78, 5) is 22.3. The number of nitrogens with zero attached hydrogens (tertiary/aromatic N) is 4. The van der Waals surface area contributed by atoms with Crippen molar-refractivity contribution in [2.45, 2.75) is 57.8 Å². The van der Waals surface area contributed by atoms with Crippen molar-refractivity contribution >= 4 is 39.5 Å². The predicted octanol–water partition coefficient (Wildman–Crippen LogP) is 2.92. The molecule has 1 N–H and O–H groups in total. The molecule has 2 atom stereocenters. The quantitative estimate of drug-likeness (QED) is 0.875. The molecule has 0 aliphatic heterocycles. The van der Waals surface area contributed by atoms with Gasteiger partial charge in [0.2, 0.25) is 11.0 Å². The highest BCUT2D eigenvalue weighted by Crippen LogP contribution is 2.43. The molecule has 0 saturated heterocycles. The summed E-state index contributed by atoms with van der Waals surface area (Å²) in [6.45, 7) is 3.03. The number of anilines is 1. The first-order valence-electron chi connectivity index (χ1n) is 7.94. The highest BCUT2D eigenvalue weighted by Gasteiger charge is 2.29. The van der Waals surface area contributed by atoms with E-state index in [1.54, 1.807) is 18.3 Å². The first kappa shape index (κ1) is 17.1. The molecule has 0 radical (unpaired) electrons. The average molecular weight is 365 g/mol.